The molecule has 1 fully saturated rings. The van der Waals surface area contributed by atoms with Crippen molar-refractivity contribution in [1.82, 2.24) is 4.90 Å². The maximum Gasteiger partial charge on any atom is 0.321 e. The van der Waals surface area contributed by atoms with Gasteiger partial charge in [-0.15, -0.1) is 0 Å². The minimum atomic E-state index is -0.122. The smallest absolute Gasteiger partial charge is 0.321 e. The normalized spacial score (nSPS) is 13.9. The van der Waals surface area contributed by atoms with Gasteiger partial charge in [-0.3, -0.25) is 4.79 Å². The SMILES string of the molecule is COc1ccccc1N1CCN(C(=O)Nc2ccc(NC(=O)C(C)C)cc2)CC1. The fourth-order valence-corrected chi connectivity index (χ4v) is 3.17. The summed E-state index contributed by atoms with van der Waals surface area (Å²) in [4.78, 5) is 28.4. The van der Waals surface area contributed by atoms with Gasteiger partial charge in [0.05, 0.1) is 12.8 Å². The van der Waals surface area contributed by atoms with Crippen molar-refractivity contribution in [3.63, 3.8) is 0 Å². The fraction of sp³-hybridized carbons (Fsp3) is 0.364. The number of carbonyl (C=O) groups is 2. The number of amides is 3. The highest BCUT2D eigenvalue weighted by molar-refractivity contribution is 5.93. The second-order valence-electron chi connectivity index (χ2n) is 7.30. The molecule has 1 heterocycles. The van der Waals surface area contributed by atoms with Crippen LogP contribution in [0.1, 0.15) is 13.8 Å². The number of nitrogens with zero attached hydrogens (tertiary/aromatic N) is 2. The number of urea groups is 1. The van der Waals surface area contributed by atoms with E-state index in [2.05, 4.69) is 15.5 Å². The van der Waals surface area contributed by atoms with Crippen LogP contribution in [-0.2, 0) is 4.79 Å². The van der Waals surface area contributed by atoms with Gasteiger partial charge in [0.15, 0.2) is 0 Å². The number of nitrogens with one attached hydrogen (secondary N) is 2. The van der Waals surface area contributed by atoms with Crippen LogP contribution >= 0.6 is 0 Å². The summed E-state index contributed by atoms with van der Waals surface area (Å²) in [5.41, 5.74) is 2.46. The van der Waals surface area contributed by atoms with Gasteiger partial charge in [-0.05, 0) is 36.4 Å². The van der Waals surface area contributed by atoms with Gasteiger partial charge in [-0.2, -0.15) is 0 Å². The first kappa shape index (κ1) is 20.5. The number of hydrogen-bond donors (Lipinski definition) is 2. The third-order valence-electron chi connectivity index (χ3n) is 4.92. The quantitative estimate of drug-likeness (QED) is 0.809. The molecule has 3 rings (SSSR count). The Bertz CT molecular complexity index is 843. The molecule has 1 saturated heterocycles. The Hall–Kier alpha value is -3.22. The number of methoxy groups -OCH3 is 1. The second kappa shape index (κ2) is 9.32. The summed E-state index contributed by atoms with van der Waals surface area (Å²) in [7, 11) is 1.67. The average Bonchev–Trinajstić information content (AvgIpc) is 2.75. The topological polar surface area (TPSA) is 73.9 Å². The Morgan fingerprint density at radius 1 is 0.897 bits per heavy atom. The van der Waals surface area contributed by atoms with Crippen molar-refractivity contribution in [1.29, 1.82) is 0 Å². The lowest BCUT2D eigenvalue weighted by atomic mass is 10.2. The lowest BCUT2D eigenvalue weighted by Crippen LogP contribution is -2.50. The van der Waals surface area contributed by atoms with E-state index in [1.54, 1.807) is 36.3 Å². The summed E-state index contributed by atoms with van der Waals surface area (Å²) in [5, 5.41) is 5.76. The van der Waals surface area contributed by atoms with E-state index in [0.717, 1.165) is 24.5 Å². The second-order valence-corrected chi connectivity index (χ2v) is 7.30. The maximum absolute atomic E-state index is 12.6. The van der Waals surface area contributed by atoms with Crippen molar-refractivity contribution in [2.75, 3.05) is 48.8 Å². The molecule has 2 aromatic carbocycles. The Morgan fingerprint density at radius 2 is 1.48 bits per heavy atom. The zero-order valence-electron chi connectivity index (χ0n) is 17.1. The first-order chi connectivity index (χ1) is 14.0. The summed E-state index contributed by atoms with van der Waals surface area (Å²) in [5.74, 6) is 0.730. The zero-order valence-corrected chi connectivity index (χ0v) is 17.1. The van der Waals surface area contributed by atoms with E-state index in [1.165, 1.54) is 0 Å². The molecular formula is C22H28N4O3. The van der Waals surface area contributed by atoms with Gasteiger partial charge in [-0.1, -0.05) is 26.0 Å². The molecule has 0 spiro atoms. The van der Waals surface area contributed by atoms with Crippen molar-refractivity contribution in [2.24, 2.45) is 5.92 Å². The maximum atomic E-state index is 12.6. The van der Waals surface area contributed by atoms with Crippen LogP contribution in [0.4, 0.5) is 21.9 Å². The van der Waals surface area contributed by atoms with E-state index in [1.807, 2.05) is 38.1 Å². The number of ether oxygens (including phenoxy) is 1. The molecule has 0 radical (unpaired) electrons. The lowest BCUT2D eigenvalue weighted by molar-refractivity contribution is -0.118. The third-order valence-corrected chi connectivity index (χ3v) is 4.92. The third kappa shape index (κ3) is 5.19. The lowest BCUT2D eigenvalue weighted by Gasteiger charge is -2.36. The van der Waals surface area contributed by atoms with Gasteiger partial charge < -0.3 is 25.2 Å². The average molecular weight is 396 g/mol. The zero-order chi connectivity index (χ0) is 20.8. The van der Waals surface area contributed by atoms with Crippen LogP contribution in [0.3, 0.4) is 0 Å². The van der Waals surface area contributed by atoms with Gasteiger partial charge in [-0.25, -0.2) is 4.79 Å². The minimum Gasteiger partial charge on any atom is -0.495 e. The first-order valence-corrected chi connectivity index (χ1v) is 9.82. The number of benzene rings is 2. The molecule has 7 heteroatoms. The predicted molar refractivity (Wildman–Crippen MR) is 116 cm³/mol. The molecular weight excluding hydrogens is 368 g/mol. The van der Waals surface area contributed by atoms with Crippen LogP contribution in [0.2, 0.25) is 0 Å². The van der Waals surface area contributed by atoms with Crippen LogP contribution in [0.15, 0.2) is 48.5 Å². The number of hydrogen-bond acceptors (Lipinski definition) is 4. The Morgan fingerprint density at radius 3 is 2.07 bits per heavy atom. The summed E-state index contributed by atoms with van der Waals surface area (Å²) in [6.07, 6.45) is 0. The molecule has 0 saturated carbocycles. The van der Waals surface area contributed by atoms with E-state index in [-0.39, 0.29) is 17.9 Å². The minimum absolute atomic E-state index is 0.0327. The largest absolute Gasteiger partial charge is 0.495 e. The molecule has 0 aromatic heterocycles. The standard InChI is InChI=1S/C22H28N4O3/c1-16(2)21(27)23-17-8-10-18(11-9-17)24-22(28)26-14-12-25(13-15-26)19-6-4-5-7-20(19)29-3/h4-11,16H,12-15H2,1-3H3,(H,23,27)(H,24,28). The monoisotopic (exact) mass is 396 g/mol. The number of piperazine rings is 1. The molecule has 0 bridgehead atoms. The highest BCUT2D eigenvalue weighted by Gasteiger charge is 2.23. The van der Waals surface area contributed by atoms with Gasteiger partial charge in [0.25, 0.3) is 0 Å². The molecule has 0 atom stereocenters. The van der Waals surface area contributed by atoms with Crippen LogP contribution in [0.5, 0.6) is 5.75 Å². The van der Waals surface area contributed by atoms with E-state index >= 15 is 0 Å². The molecule has 154 valence electrons. The van der Waals surface area contributed by atoms with Crippen molar-refractivity contribution >= 4 is 29.0 Å². The summed E-state index contributed by atoms with van der Waals surface area (Å²) >= 11 is 0. The number of carbonyl (C=O) groups excluding carboxylic acids is 2. The Labute approximate surface area is 171 Å². The van der Waals surface area contributed by atoms with Gasteiger partial charge in [0, 0.05) is 43.5 Å². The van der Waals surface area contributed by atoms with E-state index in [0.29, 0.717) is 24.5 Å². The summed E-state index contributed by atoms with van der Waals surface area (Å²) < 4.78 is 5.44. The van der Waals surface area contributed by atoms with Crippen LogP contribution in [-0.4, -0.2) is 50.1 Å². The van der Waals surface area contributed by atoms with Crippen molar-refractivity contribution in [3.05, 3.63) is 48.5 Å². The van der Waals surface area contributed by atoms with E-state index < -0.39 is 0 Å². The van der Waals surface area contributed by atoms with Crippen molar-refractivity contribution in [3.8, 4) is 5.75 Å². The Balaban J connectivity index is 1.53. The molecule has 7 nitrogen and oxygen atoms in total. The Kier molecular flexibility index (Phi) is 6.59. The molecule has 1 aliphatic rings. The van der Waals surface area contributed by atoms with E-state index in [9.17, 15) is 9.59 Å². The number of anilines is 3. The van der Waals surface area contributed by atoms with Crippen LogP contribution in [0.25, 0.3) is 0 Å². The molecule has 2 N–H and O–H groups in total. The van der Waals surface area contributed by atoms with Gasteiger partial charge in [0.1, 0.15) is 5.75 Å². The first-order valence-electron chi connectivity index (χ1n) is 9.82. The van der Waals surface area contributed by atoms with Crippen LogP contribution in [0, 0.1) is 5.92 Å². The summed E-state index contributed by atoms with van der Waals surface area (Å²) in [6, 6.07) is 15.0. The molecule has 1 aliphatic heterocycles. The molecule has 0 unspecified atom stereocenters. The van der Waals surface area contributed by atoms with Crippen LogP contribution < -0.4 is 20.3 Å². The van der Waals surface area contributed by atoms with Crippen molar-refractivity contribution < 1.29 is 14.3 Å². The molecule has 2 aromatic rings. The predicted octanol–water partition coefficient (Wildman–Crippen LogP) is 3.64. The molecule has 0 aliphatic carbocycles. The number of para-hydroxylation sites is 2. The van der Waals surface area contributed by atoms with Gasteiger partial charge >= 0.3 is 6.03 Å². The van der Waals surface area contributed by atoms with E-state index in [4.69, 9.17) is 4.74 Å². The molecule has 29 heavy (non-hydrogen) atoms. The fourth-order valence-electron chi connectivity index (χ4n) is 3.17. The number of rotatable bonds is 5. The highest BCUT2D eigenvalue weighted by atomic mass is 16.5. The highest BCUT2D eigenvalue weighted by Crippen LogP contribution is 2.28. The van der Waals surface area contributed by atoms with Crippen molar-refractivity contribution in [2.45, 2.75) is 13.8 Å². The molecule has 3 amide bonds. The van der Waals surface area contributed by atoms with Gasteiger partial charge in [0.2, 0.25) is 5.91 Å². The summed E-state index contributed by atoms with van der Waals surface area (Å²) in [6.45, 7) is 6.44.